The van der Waals surface area contributed by atoms with Crippen molar-refractivity contribution in [1.82, 2.24) is 9.55 Å². The molecule has 3 heterocycles. The fourth-order valence-electron chi connectivity index (χ4n) is 7.01. The van der Waals surface area contributed by atoms with Crippen molar-refractivity contribution in [3.05, 3.63) is 151 Å². The van der Waals surface area contributed by atoms with Gasteiger partial charge in [-0.05, 0) is 79.7 Å². The molecule has 2 aromatic heterocycles. The van der Waals surface area contributed by atoms with Crippen molar-refractivity contribution >= 4 is 55.4 Å². The molecule has 0 unspecified atom stereocenters. The maximum atomic E-state index is 11.7. The van der Waals surface area contributed by atoms with E-state index in [1.54, 1.807) is 6.07 Å². The second-order valence-electron chi connectivity index (χ2n) is 12.6. The number of anilines is 3. The zero-order valence-corrected chi connectivity index (χ0v) is 29.7. The normalized spacial score (nSPS) is 13.8. The smallest absolute Gasteiger partial charge is 0.287 e. The van der Waals surface area contributed by atoms with Crippen LogP contribution in [0.1, 0.15) is 24.7 Å². The summed E-state index contributed by atoms with van der Waals surface area (Å²) in [7, 11) is -4.16. The lowest BCUT2D eigenvalue weighted by molar-refractivity contribution is -0.673. The summed E-state index contributed by atoms with van der Waals surface area (Å²) in [6, 6.07) is 41.8. The van der Waals surface area contributed by atoms with Gasteiger partial charge < -0.3 is 9.32 Å². The van der Waals surface area contributed by atoms with Crippen molar-refractivity contribution in [1.29, 1.82) is 5.26 Å². The van der Waals surface area contributed by atoms with Crippen LogP contribution < -0.4 is 14.4 Å². The third kappa shape index (κ3) is 6.46. The van der Waals surface area contributed by atoms with Gasteiger partial charge in [0.1, 0.15) is 17.0 Å². The molecular weight excluding hydrogens is 685 g/mol. The van der Waals surface area contributed by atoms with E-state index >= 15 is 0 Å². The minimum Gasteiger partial charge on any atom is -0.436 e. The summed E-state index contributed by atoms with van der Waals surface area (Å²) < 4.78 is 43.2. The van der Waals surface area contributed by atoms with Crippen molar-refractivity contribution in [2.75, 3.05) is 22.1 Å². The molecule has 0 aliphatic carbocycles. The van der Waals surface area contributed by atoms with Gasteiger partial charge in [-0.25, -0.2) is 9.55 Å². The van der Waals surface area contributed by atoms with Crippen molar-refractivity contribution in [2.45, 2.75) is 19.9 Å². The molecule has 0 amide bonds. The lowest BCUT2D eigenvalue weighted by Crippen LogP contribution is -2.37. The van der Waals surface area contributed by atoms with Crippen LogP contribution >= 0.6 is 0 Å². The van der Waals surface area contributed by atoms with E-state index in [0.717, 1.165) is 62.1 Å². The van der Waals surface area contributed by atoms with Gasteiger partial charge in [-0.3, -0.25) is 9.45 Å². The minimum atomic E-state index is -4.16. The summed E-state index contributed by atoms with van der Waals surface area (Å²) in [6.45, 7) is 3.09. The van der Waals surface area contributed by atoms with Crippen LogP contribution in [-0.2, 0) is 16.7 Å². The van der Waals surface area contributed by atoms with Crippen molar-refractivity contribution in [3.63, 3.8) is 0 Å². The van der Waals surface area contributed by atoms with E-state index in [1.807, 2.05) is 108 Å². The highest BCUT2D eigenvalue weighted by Gasteiger charge is 2.32. The minimum absolute atomic E-state index is 0.180. The maximum Gasteiger partial charge on any atom is 0.287 e. The molecule has 1 aliphatic rings. The van der Waals surface area contributed by atoms with Gasteiger partial charge in [0, 0.05) is 36.4 Å². The van der Waals surface area contributed by atoms with E-state index in [1.165, 1.54) is 0 Å². The molecule has 0 atom stereocenters. The number of aryl methyl sites for hydroxylation is 1. The Balaban J connectivity index is 1.27. The summed E-state index contributed by atoms with van der Waals surface area (Å²) in [5, 5.41) is 9.76. The van der Waals surface area contributed by atoms with Crippen LogP contribution in [0.3, 0.4) is 0 Å². The number of oxazole rings is 1. The van der Waals surface area contributed by atoms with Crippen LogP contribution in [0, 0.1) is 11.3 Å². The monoisotopic (exact) mass is 719 g/mol. The third-order valence-electron chi connectivity index (χ3n) is 9.32. The molecular formula is C42H35N6O4S+. The number of hydrogen-bond acceptors (Lipinski definition) is 7. The van der Waals surface area contributed by atoms with Crippen LogP contribution in [0.4, 0.5) is 17.1 Å². The van der Waals surface area contributed by atoms with Gasteiger partial charge in [0.05, 0.1) is 35.3 Å². The van der Waals surface area contributed by atoms with E-state index in [2.05, 4.69) is 57.7 Å². The number of imidazole rings is 1. The Labute approximate surface area is 307 Å². The molecule has 8 rings (SSSR count). The van der Waals surface area contributed by atoms with E-state index in [0.29, 0.717) is 24.5 Å². The van der Waals surface area contributed by atoms with Crippen LogP contribution in [0.2, 0.25) is 0 Å². The number of benzene rings is 5. The number of hydrogen-bond donors (Lipinski definition) is 1. The van der Waals surface area contributed by atoms with E-state index in [4.69, 9.17) is 9.40 Å². The molecule has 262 valence electrons. The Kier molecular flexibility index (Phi) is 8.84. The fourth-order valence-corrected chi connectivity index (χ4v) is 7.50. The van der Waals surface area contributed by atoms with Crippen molar-refractivity contribution < 1.29 is 22.0 Å². The van der Waals surface area contributed by atoms with Gasteiger partial charge >= 0.3 is 0 Å². The van der Waals surface area contributed by atoms with Crippen LogP contribution in [0.25, 0.3) is 45.4 Å². The summed E-state index contributed by atoms with van der Waals surface area (Å²) in [5.41, 5.74) is 8.47. The standard InChI is InChI=1S/C42H34N6O4S/c1-2-45-38-28-31(42-44-34-17-9-10-18-39(34)52-42)22-24-36(38)47(32-13-5-3-6-14-32)40(45)19-11-20-41-46(25-12-26-53(49,50)51)37-27-30(29-43)21-23-35(37)48(41)33-15-7-4-8-16-33/h3-11,13-24,27-28H,2,12,25-26H2,1H3/p+1. The van der Waals surface area contributed by atoms with Gasteiger partial charge in [-0.2, -0.15) is 18.2 Å². The van der Waals surface area contributed by atoms with Gasteiger partial charge in [0.2, 0.25) is 5.89 Å². The fraction of sp³-hybridized carbons (Fsp3) is 0.119. The lowest BCUT2D eigenvalue weighted by Gasteiger charge is -2.24. The number of aromatic nitrogens is 3. The molecule has 0 fully saturated rings. The number of rotatable bonds is 10. The Hall–Kier alpha value is -6.48. The topological polar surface area (TPSA) is 119 Å². The number of allylic oxidation sites excluding steroid dienone is 2. The summed E-state index contributed by atoms with van der Waals surface area (Å²) >= 11 is 0. The van der Waals surface area contributed by atoms with E-state index < -0.39 is 10.1 Å². The van der Waals surface area contributed by atoms with Crippen molar-refractivity contribution in [2.24, 2.45) is 0 Å². The predicted molar refractivity (Wildman–Crippen MR) is 207 cm³/mol. The first-order valence-electron chi connectivity index (χ1n) is 17.3. The summed E-state index contributed by atoms with van der Waals surface area (Å²) in [4.78, 5) is 9.23. The van der Waals surface area contributed by atoms with Gasteiger partial charge in [0.15, 0.2) is 16.6 Å². The Morgan fingerprint density at radius 1 is 0.887 bits per heavy atom. The first-order chi connectivity index (χ1) is 25.8. The first-order valence-corrected chi connectivity index (χ1v) is 18.9. The quantitative estimate of drug-likeness (QED) is 0.111. The van der Waals surface area contributed by atoms with Gasteiger partial charge in [-0.15, -0.1) is 0 Å². The SMILES string of the molecule is CCN1/C(=C/C=C/c2n(-c3ccccc3)c3ccc(C#N)cc3[n+]2CCCS(=O)(=O)O)N(c2ccccc2)c2ccc(-c3nc4ccccc4o3)cc21. The zero-order chi connectivity index (χ0) is 36.5. The second kappa shape index (κ2) is 13.9. The van der Waals surface area contributed by atoms with Gasteiger partial charge in [0.25, 0.3) is 15.9 Å². The number of fused-ring (bicyclic) bond motifs is 3. The molecule has 0 saturated heterocycles. The van der Waals surface area contributed by atoms with Crippen LogP contribution in [0.15, 0.2) is 144 Å². The Morgan fingerprint density at radius 3 is 2.34 bits per heavy atom. The molecule has 1 aliphatic heterocycles. The maximum absolute atomic E-state index is 11.7. The zero-order valence-electron chi connectivity index (χ0n) is 28.9. The van der Waals surface area contributed by atoms with E-state index in [-0.39, 0.29) is 12.2 Å². The van der Waals surface area contributed by atoms with Gasteiger partial charge in [-0.1, -0.05) is 54.6 Å². The first kappa shape index (κ1) is 33.7. The third-order valence-corrected chi connectivity index (χ3v) is 10.1. The highest BCUT2D eigenvalue weighted by molar-refractivity contribution is 7.85. The van der Waals surface area contributed by atoms with Crippen LogP contribution in [0.5, 0.6) is 0 Å². The predicted octanol–water partition coefficient (Wildman–Crippen LogP) is 8.41. The summed E-state index contributed by atoms with van der Waals surface area (Å²) in [5.74, 6) is 1.88. The Morgan fingerprint density at radius 2 is 1.62 bits per heavy atom. The molecule has 11 heteroatoms. The van der Waals surface area contributed by atoms with E-state index in [9.17, 15) is 18.2 Å². The molecule has 0 saturated carbocycles. The molecule has 0 radical (unpaired) electrons. The number of nitriles is 1. The molecule has 53 heavy (non-hydrogen) atoms. The number of nitrogens with zero attached hydrogens (tertiary/aromatic N) is 6. The molecule has 5 aromatic carbocycles. The largest absolute Gasteiger partial charge is 0.436 e. The molecule has 1 N–H and O–H groups in total. The van der Waals surface area contributed by atoms with Crippen molar-refractivity contribution in [3.8, 4) is 23.2 Å². The average molecular weight is 720 g/mol. The number of para-hydroxylation sites is 4. The average Bonchev–Trinajstić information content (AvgIpc) is 3.84. The Bertz CT molecular complexity index is 2660. The second-order valence-corrected chi connectivity index (χ2v) is 14.2. The molecule has 0 bridgehead atoms. The lowest BCUT2D eigenvalue weighted by atomic mass is 10.1. The molecule has 0 spiro atoms. The highest BCUT2D eigenvalue weighted by Crippen LogP contribution is 2.47. The summed E-state index contributed by atoms with van der Waals surface area (Å²) in [6.07, 6.45) is 6.26. The van der Waals surface area contributed by atoms with Crippen LogP contribution in [-0.4, -0.2) is 34.8 Å². The molecule has 7 aromatic rings. The molecule has 10 nitrogen and oxygen atoms in total. The highest BCUT2D eigenvalue weighted by atomic mass is 32.2.